The van der Waals surface area contributed by atoms with E-state index in [0.717, 1.165) is 24.8 Å². The van der Waals surface area contributed by atoms with Crippen molar-refractivity contribution < 1.29 is 43.5 Å². The largest absolute Gasteiger partial charge is 0.516 e. The number of carbonyl (C=O) groups excluding carboxylic acids is 2. The second-order valence-electron chi connectivity index (χ2n) is 7.47. The van der Waals surface area contributed by atoms with Crippen LogP contribution in [0.2, 0.25) is 0 Å². The third kappa shape index (κ3) is 11.9. The number of aliphatic carboxylic acids is 1. The second kappa shape index (κ2) is 15.7. The number of rotatable bonds is 15. The number of carboxylic acid groups (broad SMARTS) is 1. The average molecular weight is 468 g/mol. The number of nitrogens with one attached hydrogen (secondary N) is 1. The standard InChI is InChI=1S/C23H33NO9/c1-16(2)8-6-4-5-7-9-21(26)24-13-17-10-11-18(19(12-17)30-3)33-23(29)32-15-31-20(14-25)22(27)28/h6,8,10-12,16,20,25H,4-5,7,9,13-15H2,1-3H3,(H,24,26)(H,27,28)/b8-6+. The molecule has 0 fully saturated rings. The third-order valence-electron chi connectivity index (χ3n) is 4.34. The van der Waals surface area contributed by atoms with Crippen LogP contribution in [0.15, 0.2) is 30.4 Å². The molecule has 1 atom stereocenters. The van der Waals surface area contributed by atoms with Gasteiger partial charge in [0.2, 0.25) is 5.91 Å². The Morgan fingerprint density at radius 2 is 1.91 bits per heavy atom. The first-order valence-electron chi connectivity index (χ1n) is 10.7. The van der Waals surface area contributed by atoms with Gasteiger partial charge in [-0.3, -0.25) is 4.79 Å². The Bertz CT molecular complexity index is 792. The SMILES string of the molecule is COc1cc(CNC(=O)CCCC/C=C/C(C)C)ccc1OC(=O)OCOC(CO)C(=O)O. The highest BCUT2D eigenvalue weighted by Gasteiger charge is 2.18. The summed E-state index contributed by atoms with van der Waals surface area (Å²) in [4.78, 5) is 34.5. The van der Waals surface area contributed by atoms with Gasteiger partial charge in [-0.05, 0) is 42.9 Å². The molecule has 10 nitrogen and oxygen atoms in total. The first-order valence-corrected chi connectivity index (χ1v) is 10.7. The molecule has 10 heteroatoms. The third-order valence-corrected chi connectivity index (χ3v) is 4.34. The van der Waals surface area contributed by atoms with Gasteiger partial charge in [-0.15, -0.1) is 0 Å². The lowest BCUT2D eigenvalue weighted by Crippen LogP contribution is -2.29. The molecular formula is C23H33NO9. The second-order valence-corrected chi connectivity index (χ2v) is 7.47. The summed E-state index contributed by atoms with van der Waals surface area (Å²) in [5.41, 5.74) is 0.747. The minimum absolute atomic E-state index is 0.0479. The van der Waals surface area contributed by atoms with Crippen molar-refractivity contribution in [3.8, 4) is 11.5 Å². The number of aliphatic hydroxyl groups is 1. The fourth-order valence-corrected chi connectivity index (χ4v) is 2.60. The van der Waals surface area contributed by atoms with E-state index in [-0.39, 0.29) is 17.4 Å². The topological polar surface area (TPSA) is 141 Å². The zero-order valence-corrected chi connectivity index (χ0v) is 19.2. The van der Waals surface area contributed by atoms with Crippen LogP contribution in [-0.4, -0.2) is 54.9 Å². The fourth-order valence-electron chi connectivity index (χ4n) is 2.60. The number of carbonyl (C=O) groups is 3. The van der Waals surface area contributed by atoms with Crippen LogP contribution in [0.25, 0.3) is 0 Å². The summed E-state index contributed by atoms with van der Waals surface area (Å²) in [7, 11) is 1.39. The highest BCUT2D eigenvalue weighted by atomic mass is 16.8. The van der Waals surface area contributed by atoms with Crippen molar-refractivity contribution in [2.75, 3.05) is 20.5 Å². The number of carboxylic acids is 1. The number of unbranched alkanes of at least 4 members (excludes halogenated alkanes) is 2. The number of aliphatic hydroxyl groups excluding tert-OH is 1. The molecule has 0 spiro atoms. The molecule has 0 bridgehead atoms. The highest BCUT2D eigenvalue weighted by molar-refractivity contribution is 5.75. The number of methoxy groups -OCH3 is 1. The summed E-state index contributed by atoms with van der Waals surface area (Å²) in [6.07, 6.45) is 4.81. The number of hydrogen-bond donors (Lipinski definition) is 3. The van der Waals surface area contributed by atoms with E-state index in [1.807, 2.05) is 0 Å². The van der Waals surface area contributed by atoms with E-state index in [9.17, 15) is 14.4 Å². The molecule has 1 rings (SSSR count). The Morgan fingerprint density at radius 3 is 2.55 bits per heavy atom. The zero-order valence-electron chi connectivity index (χ0n) is 19.2. The molecule has 0 aliphatic heterocycles. The molecule has 3 N–H and O–H groups in total. The van der Waals surface area contributed by atoms with Crippen molar-refractivity contribution in [3.05, 3.63) is 35.9 Å². The van der Waals surface area contributed by atoms with Gasteiger partial charge in [0, 0.05) is 13.0 Å². The minimum atomic E-state index is -1.51. The Labute approximate surface area is 193 Å². The van der Waals surface area contributed by atoms with E-state index in [1.165, 1.54) is 13.2 Å². The summed E-state index contributed by atoms with van der Waals surface area (Å²) in [5, 5.41) is 20.4. The van der Waals surface area contributed by atoms with Crippen LogP contribution in [0.3, 0.4) is 0 Å². The van der Waals surface area contributed by atoms with E-state index in [2.05, 4.69) is 36.1 Å². The van der Waals surface area contributed by atoms with Gasteiger partial charge in [0.1, 0.15) is 0 Å². The summed E-state index contributed by atoms with van der Waals surface area (Å²) in [6.45, 7) is 3.05. The number of amides is 1. The highest BCUT2D eigenvalue weighted by Crippen LogP contribution is 2.28. The molecule has 1 unspecified atom stereocenters. The van der Waals surface area contributed by atoms with Crippen LogP contribution >= 0.6 is 0 Å². The van der Waals surface area contributed by atoms with E-state index in [1.54, 1.807) is 12.1 Å². The maximum atomic E-state index is 12.0. The first kappa shape index (κ1) is 27.9. The maximum absolute atomic E-state index is 12.0. The molecule has 0 radical (unpaired) electrons. The van der Waals surface area contributed by atoms with Crippen molar-refractivity contribution >= 4 is 18.0 Å². The van der Waals surface area contributed by atoms with Gasteiger partial charge in [-0.2, -0.15) is 0 Å². The normalized spacial score (nSPS) is 11.9. The van der Waals surface area contributed by atoms with Gasteiger partial charge >= 0.3 is 12.1 Å². The summed E-state index contributed by atoms with van der Waals surface area (Å²) in [5.74, 6) is -0.588. The molecule has 0 aliphatic carbocycles. The van der Waals surface area contributed by atoms with Crippen molar-refractivity contribution in [1.82, 2.24) is 5.32 Å². The average Bonchev–Trinajstić information content (AvgIpc) is 2.77. The molecular weight excluding hydrogens is 434 g/mol. The summed E-state index contributed by atoms with van der Waals surface area (Å²) in [6, 6.07) is 4.75. The van der Waals surface area contributed by atoms with Crippen molar-refractivity contribution in [1.29, 1.82) is 0 Å². The Kier molecular flexibility index (Phi) is 13.2. The van der Waals surface area contributed by atoms with Gasteiger partial charge in [0.15, 0.2) is 24.4 Å². The molecule has 184 valence electrons. The summed E-state index contributed by atoms with van der Waals surface area (Å²) < 4.78 is 19.6. The van der Waals surface area contributed by atoms with Crippen LogP contribution in [0.1, 0.15) is 45.1 Å². The fraction of sp³-hybridized carbons (Fsp3) is 0.522. The smallest absolute Gasteiger partial charge is 0.493 e. The quantitative estimate of drug-likeness (QED) is 0.117. The Hall–Kier alpha value is -3.11. The molecule has 1 aromatic rings. The Morgan fingerprint density at radius 1 is 1.15 bits per heavy atom. The lowest BCUT2D eigenvalue weighted by Gasteiger charge is -2.13. The molecule has 0 aliphatic rings. The molecule has 0 heterocycles. The van der Waals surface area contributed by atoms with Gasteiger partial charge in [-0.1, -0.05) is 32.1 Å². The van der Waals surface area contributed by atoms with E-state index in [0.29, 0.717) is 18.9 Å². The van der Waals surface area contributed by atoms with E-state index in [4.69, 9.17) is 24.4 Å². The lowest BCUT2D eigenvalue weighted by atomic mass is 10.1. The van der Waals surface area contributed by atoms with E-state index >= 15 is 0 Å². The van der Waals surface area contributed by atoms with E-state index < -0.39 is 31.6 Å². The Balaban J connectivity index is 2.44. The van der Waals surface area contributed by atoms with Gasteiger partial charge in [0.05, 0.1) is 13.7 Å². The molecule has 0 saturated carbocycles. The van der Waals surface area contributed by atoms with Crippen LogP contribution < -0.4 is 14.8 Å². The monoisotopic (exact) mass is 467 g/mol. The number of hydrogen-bond acceptors (Lipinski definition) is 8. The van der Waals surface area contributed by atoms with Crippen LogP contribution in [-0.2, 0) is 25.6 Å². The van der Waals surface area contributed by atoms with Crippen LogP contribution in [0.5, 0.6) is 11.5 Å². The predicted molar refractivity (Wildman–Crippen MR) is 119 cm³/mol. The van der Waals surface area contributed by atoms with Crippen molar-refractivity contribution in [2.45, 2.75) is 52.2 Å². The minimum Gasteiger partial charge on any atom is -0.493 e. The van der Waals surface area contributed by atoms with Crippen LogP contribution in [0, 0.1) is 5.92 Å². The maximum Gasteiger partial charge on any atom is 0.516 e. The molecule has 0 aromatic heterocycles. The summed E-state index contributed by atoms with van der Waals surface area (Å²) >= 11 is 0. The van der Waals surface area contributed by atoms with Gasteiger partial charge in [-0.25, -0.2) is 9.59 Å². The van der Waals surface area contributed by atoms with Crippen molar-refractivity contribution in [3.63, 3.8) is 0 Å². The molecule has 0 saturated heterocycles. The van der Waals surface area contributed by atoms with Crippen LogP contribution in [0.4, 0.5) is 4.79 Å². The molecule has 1 amide bonds. The molecule has 1 aromatic carbocycles. The predicted octanol–water partition coefficient (Wildman–Crippen LogP) is 3.02. The lowest BCUT2D eigenvalue weighted by molar-refractivity contribution is -0.161. The van der Waals surface area contributed by atoms with Gasteiger partial charge in [0.25, 0.3) is 0 Å². The number of ether oxygens (including phenoxy) is 4. The number of benzene rings is 1. The number of allylic oxidation sites excluding steroid dienone is 2. The first-order chi connectivity index (χ1) is 15.8. The zero-order chi connectivity index (χ0) is 24.6. The van der Waals surface area contributed by atoms with Gasteiger partial charge < -0.3 is 34.5 Å². The van der Waals surface area contributed by atoms with Crippen molar-refractivity contribution in [2.24, 2.45) is 5.92 Å². The molecule has 33 heavy (non-hydrogen) atoms.